The van der Waals surface area contributed by atoms with Crippen molar-refractivity contribution >= 4 is 5.78 Å². The predicted molar refractivity (Wildman–Crippen MR) is 79.6 cm³/mol. The third-order valence-electron chi connectivity index (χ3n) is 4.74. The Hall–Kier alpha value is -1.22. The predicted octanol–water partition coefficient (Wildman–Crippen LogP) is 3.97. The fourth-order valence-electron chi connectivity index (χ4n) is 3.44. The molecule has 0 aliphatic carbocycles. The number of nitrogens with zero attached hydrogens (tertiary/aromatic N) is 1. The van der Waals surface area contributed by atoms with E-state index in [4.69, 9.17) is 0 Å². The highest BCUT2D eigenvalue weighted by Crippen LogP contribution is 2.32. The molecule has 0 aromatic heterocycles. The van der Waals surface area contributed by atoms with Gasteiger partial charge in [-0.15, -0.1) is 0 Å². The van der Waals surface area contributed by atoms with Gasteiger partial charge in [0.25, 0.3) is 0 Å². The van der Waals surface area contributed by atoms with Gasteiger partial charge < -0.3 is 0 Å². The first-order valence-corrected chi connectivity index (χ1v) is 7.61. The van der Waals surface area contributed by atoms with Crippen LogP contribution >= 0.6 is 0 Å². The van der Waals surface area contributed by atoms with Crippen LogP contribution in [-0.2, 0) is 0 Å². The van der Waals surface area contributed by atoms with E-state index < -0.39 is 5.54 Å². The van der Waals surface area contributed by atoms with Crippen molar-refractivity contribution in [1.82, 2.24) is 4.90 Å². The van der Waals surface area contributed by atoms with Gasteiger partial charge >= 0.3 is 0 Å². The van der Waals surface area contributed by atoms with Crippen molar-refractivity contribution in [2.75, 3.05) is 13.1 Å². The smallest absolute Gasteiger partial charge is 0.183 e. The molecule has 0 saturated carbocycles. The number of likely N-dealkylation sites (tertiary alicyclic amines) is 1. The second kappa shape index (κ2) is 6.04. The van der Waals surface area contributed by atoms with Crippen LogP contribution in [-0.4, -0.2) is 29.3 Å². The molecule has 0 bridgehead atoms. The van der Waals surface area contributed by atoms with Gasteiger partial charge in [0.05, 0.1) is 5.54 Å². The third-order valence-corrected chi connectivity index (χ3v) is 4.74. The van der Waals surface area contributed by atoms with E-state index in [1.807, 2.05) is 6.92 Å². The third kappa shape index (κ3) is 2.51. The van der Waals surface area contributed by atoms with Crippen LogP contribution in [0, 0.1) is 12.7 Å². The van der Waals surface area contributed by atoms with Crippen LogP contribution in [0.25, 0.3) is 0 Å². The number of carbonyl (C=O) groups is 1. The largest absolute Gasteiger partial charge is 0.292 e. The van der Waals surface area contributed by atoms with Crippen molar-refractivity contribution < 1.29 is 9.18 Å². The maximum atomic E-state index is 13.3. The van der Waals surface area contributed by atoms with Crippen LogP contribution < -0.4 is 0 Å². The first kappa shape index (κ1) is 15.2. The van der Waals surface area contributed by atoms with Crippen molar-refractivity contribution in [3.63, 3.8) is 0 Å². The van der Waals surface area contributed by atoms with E-state index in [-0.39, 0.29) is 11.6 Å². The number of rotatable bonds is 5. The molecule has 1 heterocycles. The molecule has 0 spiro atoms. The average molecular weight is 277 g/mol. The first-order valence-electron chi connectivity index (χ1n) is 7.61. The van der Waals surface area contributed by atoms with Gasteiger partial charge in [-0.2, -0.15) is 0 Å². The van der Waals surface area contributed by atoms with Gasteiger partial charge in [0.2, 0.25) is 0 Å². The van der Waals surface area contributed by atoms with Crippen LogP contribution in [0.3, 0.4) is 0 Å². The summed E-state index contributed by atoms with van der Waals surface area (Å²) >= 11 is 0. The Morgan fingerprint density at radius 1 is 1.25 bits per heavy atom. The lowest BCUT2D eigenvalue weighted by molar-refractivity contribution is 0.0580. The lowest BCUT2D eigenvalue weighted by Gasteiger charge is -2.39. The van der Waals surface area contributed by atoms with Gasteiger partial charge in [-0.05, 0) is 69.5 Å². The number of carbonyl (C=O) groups excluding carboxylic acids is 1. The summed E-state index contributed by atoms with van der Waals surface area (Å²) in [6.07, 6.45) is 3.94. The van der Waals surface area contributed by atoms with Crippen LogP contribution in [0.4, 0.5) is 4.39 Å². The zero-order chi connectivity index (χ0) is 14.8. The number of benzene rings is 1. The van der Waals surface area contributed by atoms with E-state index in [1.165, 1.54) is 12.1 Å². The Bertz CT molecular complexity index is 488. The quantitative estimate of drug-likeness (QED) is 0.759. The van der Waals surface area contributed by atoms with Gasteiger partial charge in [-0.1, -0.05) is 13.8 Å². The Morgan fingerprint density at radius 2 is 1.85 bits per heavy atom. The van der Waals surface area contributed by atoms with E-state index in [2.05, 4.69) is 18.7 Å². The first-order chi connectivity index (χ1) is 9.55. The molecule has 0 N–H and O–H groups in total. The van der Waals surface area contributed by atoms with Gasteiger partial charge in [-0.3, -0.25) is 9.69 Å². The minimum absolute atomic E-state index is 0.155. The minimum Gasteiger partial charge on any atom is -0.292 e. The monoisotopic (exact) mass is 277 g/mol. The standard InChI is InChI=1S/C17H24FNO/c1-4-17(5-2,19-10-6-7-11-19)16(20)15-9-8-14(18)12-13(15)3/h8-9,12H,4-7,10-11H2,1-3H3. The van der Waals surface area contributed by atoms with Crippen LogP contribution in [0.1, 0.15) is 55.5 Å². The molecular weight excluding hydrogens is 253 g/mol. The van der Waals surface area contributed by atoms with Crippen molar-refractivity contribution in [1.29, 1.82) is 0 Å². The van der Waals surface area contributed by atoms with E-state index in [0.717, 1.165) is 44.3 Å². The maximum Gasteiger partial charge on any atom is 0.183 e. The van der Waals surface area contributed by atoms with Gasteiger partial charge in [0, 0.05) is 5.56 Å². The molecule has 0 atom stereocenters. The Balaban J connectivity index is 2.40. The fraction of sp³-hybridized carbons (Fsp3) is 0.588. The molecule has 1 aliphatic heterocycles. The fourth-order valence-corrected chi connectivity index (χ4v) is 3.44. The molecule has 110 valence electrons. The molecule has 1 fully saturated rings. The highest BCUT2D eigenvalue weighted by Gasteiger charge is 2.42. The summed E-state index contributed by atoms with van der Waals surface area (Å²) in [5.41, 5.74) is 0.987. The molecule has 0 radical (unpaired) electrons. The van der Waals surface area contributed by atoms with E-state index in [0.29, 0.717) is 5.56 Å². The van der Waals surface area contributed by atoms with Crippen molar-refractivity contribution in [2.24, 2.45) is 0 Å². The molecule has 2 nitrogen and oxygen atoms in total. The highest BCUT2D eigenvalue weighted by molar-refractivity contribution is 6.04. The van der Waals surface area contributed by atoms with Gasteiger partial charge in [-0.25, -0.2) is 4.39 Å². The number of ketones is 1. The van der Waals surface area contributed by atoms with Crippen molar-refractivity contribution in [3.8, 4) is 0 Å². The topological polar surface area (TPSA) is 20.3 Å². The number of halogens is 1. The highest BCUT2D eigenvalue weighted by atomic mass is 19.1. The summed E-state index contributed by atoms with van der Waals surface area (Å²) in [5.74, 6) is -0.124. The van der Waals surface area contributed by atoms with E-state index >= 15 is 0 Å². The summed E-state index contributed by atoms with van der Waals surface area (Å²) in [5, 5.41) is 0. The maximum absolute atomic E-state index is 13.3. The normalized spacial score (nSPS) is 16.6. The number of hydrogen-bond donors (Lipinski definition) is 0. The molecule has 1 aliphatic rings. The summed E-state index contributed by atoms with van der Waals surface area (Å²) in [7, 11) is 0. The molecule has 3 heteroatoms. The molecule has 1 aromatic carbocycles. The SMILES string of the molecule is CCC(CC)(C(=O)c1ccc(F)cc1C)N1CCCC1. The van der Waals surface area contributed by atoms with Gasteiger partial charge in [0.15, 0.2) is 5.78 Å². The summed E-state index contributed by atoms with van der Waals surface area (Å²) in [4.78, 5) is 15.4. The Kier molecular flexibility index (Phi) is 4.59. The van der Waals surface area contributed by atoms with Crippen molar-refractivity contribution in [3.05, 3.63) is 35.1 Å². The van der Waals surface area contributed by atoms with Gasteiger partial charge in [0.1, 0.15) is 5.82 Å². The van der Waals surface area contributed by atoms with Crippen LogP contribution in [0.2, 0.25) is 0 Å². The zero-order valence-electron chi connectivity index (χ0n) is 12.7. The lowest BCUT2D eigenvalue weighted by atomic mass is 9.81. The zero-order valence-corrected chi connectivity index (χ0v) is 12.7. The molecule has 1 saturated heterocycles. The molecule has 0 amide bonds. The summed E-state index contributed by atoms with van der Waals surface area (Å²) in [6.45, 7) is 7.97. The van der Waals surface area contributed by atoms with Crippen molar-refractivity contribution in [2.45, 2.75) is 52.0 Å². The van der Waals surface area contributed by atoms with Crippen LogP contribution in [0.5, 0.6) is 0 Å². The molecule has 20 heavy (non-hydrogen) atoms. The lowest BCUT2D eigenvalue weighted by Crippen LogP contribution is -2.52. The Morgan fingerprint density at radius 3 is 2.35 bits per heavy atom. The van der Waals surface area contributed by atoms with Crippen LogP contribution in [0.15, 0.2) is 18.2 Å². The second-order valence-corrected chi connectivity index (χ2v) is 5.72. The average Bonchev–Trinajstić information content (AvgIpc) is 2.95. The van der Waals surface area contributed by atoms with E-state index in [9.17, 15) is 9.18 Å². The Labute approximate surface area is 121 Å². The molecular formula is C17H24FNO. The molecule has 2 rings (SSSR count). The summed E-state index contributed by atoms with van der Waals surface area (Å²) < 4.78 is 13.3. The molecule has 1 aromatic rings. The summed E-state index contributed by atoms with van der Waals surface area (Å²) in [6, 6.07) is 4.48. The molecule has 0 unspecified atom stereocenters. The van der Waals surface area contributed by atoms with E-state index in [1.54, 1.807) is 6.07 Å². The minimum atomic E-state index is -0.418. The second-order valence-electron chi connectivity index (χ2n) is 5.72. The number of Topliss-reactive ketones (excluding diaryl/α,β-unsaturated/α-hetero) is 1. The number of hydrogen-bond acceptors (Lipinski definition) is 2. The number of aryl methyl sites for hydroxylation is 1.